The normalized spacial score (nSPS) is 13.7. The Kier molecular flexibility index (Phi) is 5.64. The van der Waals surface area contributed by atoms with E-state index in [0.717, 1.165) is 0 Å². The molecular weight excluding hydrogens is 530 g/mol. The molecule has 44 heavy (non-hydrogen) atoms. The summed E-state index contributed by atoms with van der Waals surface area (Å²) in [5.41, 5.74) is 15.4. The van der Waals surface area contributed by atoms with Gasteiger partial charge < -0.3 is 4.57 Å². The Morgan fingerprint density at radius 3 is 1.80 bits per heavy atom. The molecule has 8 aromatic rings. The lowest BCUT2D eigenvalue weighted by atomic mass is 9.88. The second-order valence-electron chi connectivity index (χ2n) is 11.7. The van der Waals surface area contributed by atoms with E-state index in [1.165, 1.54) is 77.6 Å². The van der Waals surface area contributed by atoms with E-state index < -0.39 is 0 Å². The molecule has 1 atom stereocenters. The van der Waals surface area contributed by atoms with E-state index in [2.05, 4.69) is 174 Å². The minimum absolute atomic E-state index is 0.228. The van der Waals surface area contributed by atoms with Crippen LogP contribution in [0.2, 0.25) is 0 Å². The van der Waals surface area contributed by atoms with Crippen LogP contribution in [0, 0.1) is 0 Å². The molecule has 0 N–H and O–H groups in total. The summed E-state index contributed by atoms with van der Waals surface area (Å²) in [5, 5.41) is 2.55. The van der Waals surface area contributed by atoms with Gasteiger partial charge in [0, 0.05) is 22.4 Å². The van der Waals surface area contributed by atoms with Crippen LogP contribution in [-0.4, -0.2) is 4.57 Å². The average Bonchev–Trinajstić information content (AvgIpc) is 3.61. The van der Waals surface area contributed by atoms with Crippen molar-refractivity contribution in [1.82, 2.24) is 4.57 Å². The lowest BCUT2D eigenvalue weighted by Crippen LogP contribution is -1.99. The number of rotatable bonds is 4. The molecule has 0 amide bonds. The molecule has 1 unspecified atom stereocenters. The van der Waals surface area contributed by atoms with Gasteiger partial charge >= 0.3 is 0 Å². The maximum absolute atomic E-state index is 2.41. The van der Waals surface area contributed by atoms with Gasteiger partial charge in [-0.25, -0.2) is 0 Å². The fourth-order valence-corrected chi connectivity index (χ4v) is 7.25. The summed E-state index contributed by atoms with van der Waals surface area (Å²) in [6, 6.07) is 62.1. The molecule has 1 nitrogen and oxygen atoms in total. The molecule has 0 saturated heterocycles. The second-order valence-corrected chi connectivity index (χ2v) is 11.7. The van der Waals surface area contributed by atoms with Crippen molar-refractivity contribution < 1.29 is 0 Å². The maximum atomic E-state index is 2.41. The number of nitrogens with zero attached hydrogens (tertiary/aromatic N) is 1. The fraction of sp³-hybridized carbons (Fsp3) is 0.0233. The third-order valence-corrected chi connectivity index (χ3v) is 9.30. The molecule has 1 aliphatic carbocycles. The van der Waals surface area contributed by atoms with Gasteiger partial charge in [0.25, 0.3) is 0 Å². The molecule has 0 spiro atoms. The first kappa shape index (κ1) is 24.9. The Morgan fingerprint density at radius 1 is 0.364 bits per heavy atom. The summed E-state index contributed by atoms with van der Waals surface area (Å²) in [4.78, 5) is 0. The first-order valence-electron chi connectivity index (χ1n) is 15.3. The zero-order valence-electron chi connectivity index (χ0n) is 24.2. The molecule has 0 saturated carbocycles. The van der Waals surface area contributed by atoms with Gasteiger partial charge in [-0.05, 0) is 86.5 Å². The molecular formula is C43H29N. The van der Waals surface area contributed by atoms with Crippen LogP contribution in [0.25, 0.3) is 60.9 Å². The van der Waals surface area contributed by atoms with Crippen molar-refractivity contribution in [3.05, 3.63) is 187 Å². The van der Waals surface area contributed by atoms with Gasteiger partial charge in [-0.1, -0.05) is 133 Å². The Bertz CT molecular complexity index is 2310. The van der Waals surface area contributed by atoms with Crippen LogP contribution in [0.1, 0.15) is 22.6 Å². The van der Waals surface area contributed by atoms with Gasteiger partial charge in [0.15, 0.2) is 0 Å². The van der Waals surface area contributed by atoms with Gasteiger partial charge in [-0.2, -0.15) is 0 Å². The maximum Gasteiger partial charge on any atom is 0.0541 e. The molecule has 1 heteroatoms. The number of benzene rings is 7. The largest absolute Gasteiger partial charge is 0.309 e. The van der Waals surface area contributed by atoms with Gasteiger partial charge in [-0.15, -0.1) is 0 Å². The topological polar surface area (TPSA) is 4.93 Å². The molecule has 0 radical (unpaired) electrons. The fourth-order valence-electron chi connectivity index (χ4n) is 7.25. The quantitative estimate of drug-likeness (QED) is 0.202. The van der Waals surface area contributed by atoms with E-state index in [-0.39, 0.29) is 5.92 Å². The van der Waals surface area contributed by atoms with Crippen molar-refractivity contribution in [2.24, 2.45) is 0 Å². The first-order valence-corrected chi connectivity index (χ1v) is 15.3. The van der Waals surface area contributed by atoms with Crippen LogP contribution < -0.4 is 0 Å². The van der Waals surface area contributed by atoms with Crippen molar-refractivity contribution in [1.29, 1.82) is 0 Å². The predicted molar refractivity (Wildman–Crippen MR) is 184 cm³/mol. The van der Waals surface area contributed by atoms with Gasteiger partial charge in [0.05, 0.1) is 11.0 Å². The van der Waals surface area contributed by atoms with E-state index in [4.69, 9.17) is 0 Å². The van der Waals surface area contributed by atoms with Crippen LogP contribution in [0.4, 0.5) is 0 Å². The smallest absolute Gasteiger partial charge is 0.0541 e. The zero-order valence-corrected chi connectivity index (χ0v) is 24.2. The number of aromatic nitrogens is 1. The lowest BCUT2D eigenvalue weighted by Gasteiger charge is -2.15. The molecule has 0 bridgehead atoms. The van der Waals surface area contributed by atoms with E-state index in [9.17, 15) is 0 Å². The van der Waals surface area contributed by atoms with Crippen molar-refractivity contribution in [2.75, 3.05) is 0 Å². The number of hydrogen-bond acceptors (Lipinski definition) is 0. The highest BCUT2D eigenvalue weighted by Gasteiger charge is 2.30. The third kappa shape index (κ3) is 3.87. The van der Waals surface area contributed by atoms with E-state index in [1.807, 2.05) is 0 Å². The highest BCUT2D eigenvalue weighted by atomic mass is 15.0. The molecule has 1 aliphatic rings. The van der Waals surface area contributed by atoms with Gasteiger partial charge in [0.2, 0.25) is 0 Å². The molecule has 1 aromatic heterocycles. The highest BCUT2D eigenvalue weighted by Crippen LogP contribution is 2.49. The molecule has 0 fully saturated rings. The van der Waals surface area contributed by atoms with E-state index in [1.54, 1.807) is 0 Å². The van der Waals surface area contributed by atoms with Crippen LogP contribution in [0.3, 0.4) is 0 Å². The summed E-state index contributed by atoms with van der Waals surface area (Å²) >= 11 is 0. The number of para-hydroxylation sites is 2. The monoisotopic (exact) mass is 559 g/mol. The average molecular weight is 560 g/mol. The minimum atomic E-state index is 0.228. The molecule has 9 rings (SSSR count). The molecule has 206 valence electrons. The van der Waals surface area contributed by atoms with Crippen LogP contribution in [0.15, 0.2) is 170 Å². The van der Waals surface area contributed by atoms with E-state index >= 15 is 0 Å². The Morgan fingerprint density at radius 2 is 0.955 bits per heavy atom. The predicted octanol–water partition coefficient (Wildman–Crippen LogP) is 11.3. The SMILES string of the molecule is c1ccc(-c2ccc(C3c4ccccc4-c4cc(-c5ccc6c(c5)c5ccccc5n6-c5ccccc5)ccc43)cc2)cc1. The summed E-state index contributed by atoms with van der Waals surface area (Å²) in [7, 11) is 0. The highest BCUT2D eigenvalue weighted by molar-refractivity contribution is 6.10. The minimum Gasteiger partial charge on any atom is -0.309 e. The number of fused-ring (bicyclic) bond motifs is 6. The summed E-state index contributed by atoms with van der Waals surface area (Å²) in [6.45, 7) is 0. The van der Waals surface area contributed by atoms with E-state index in [0.29, 0.717) is 0 Å². The van der Waals surface area contributed by atoms with Gasteiger partial charge in [-0.3, -0.25) is 0 Å². The summed E-state index contributed by atoms with van der Waals surface area (Å²) < 4.78 is 2.38. The third-order valence-electron chi connectivity index (χ3n) is 9.30. The van der Waals surface area contributed by atoms with Crippen LogP contribution >= 0.6 is 0 Å². The molecule has 1 heterocycles. The van der Waals surface area contributed by atoms with Crippen molar-refractivity contribution >= 4 is 21.8 Å². The van der Waals surface area contributed by atoms with Crippen molar-refractivity contribution in [3.8, 4) is 39.1 Å². The van der Waals surface area contributed by atoms with Gasteiger partial charge in [0.1, 0.15) is 0 Å². The molecule has 7 aromatic carbocycles. The Balaban J connectivity index is 1.16. The Labute approximate surface area is 257 Å². The lowest BCUT2D eigenvalue weighted by molar-refractivity contribution is 1.02. The first-order chi connectivity index (χ1) is 21.8. The summed E-state index contributed by atoms with van der Waals surface area (Å²) in [5.74, 6) is 0.228. The van der Waals surface area contributed by atoms with Crippen molar-refractivity contribution in [3.63, 3.8) is 0 Å². The number of hydrogen-bond donors (Lipinski definition) is 0. The second kappa shape index (κ2) is 9.97. The van der Waals surface area contributed by atoms with Crippen LogP contribution in [-0.2, 0) is 0 Å². The zero-order chi connectivity index (χ0) is 29.0. The van der Waals surface area contributed by atoms with Crippen LogP contribution in [0.5, 0.6) is 0 Å². The standard InChI is InChI=1S/C43H29N/c1-3-11-29(12-4-1)30-19-21-31(22-20-30)43-37-17-8-7-15-35(37)39-27-32(23-25-38(39)43)33-24-26-42-40(28-33)36-16-9-10-18-41(36)44(42)34-13-5-2-6-14-34/h1-28,43H. The van der Waals surface area contributed by atoms with Crippen molar-refractivity contribution in [2.45, 2.75) is 5.92 Å². The summed E-state index contributed by atoms with van der Waals surface area (Å²) in [6.07, 6.45) is 0. The molecule has 0 aliphatic heterocycles. The Hall–Kier alpha value is -5.66.